The zero-order valence-electron chi connectivity index (χ0n) is 13.9. The number of hydrogen-bond acceptors (Lipinski definition) is 4. The van der Waals surface area contributed by atoms with Crippen molar-refractivity contribution in [2.24, 2.45) is 0 Å². The van der Waals surface area contributed by atoms with Gasteiger partial charge in [0.05, 0.1) is 23.3 Å². The average molecular weight is 381 g/mol. The number of nitrogens with zero attached hydrogens (tertiary/aromatic N) is 1. The summed E-state index contributed by atoms with van der Waals surface area (Å²) in [4.78, 5) is 14.4. The molecule has 8 heteroatoms. The number of anilines is 3. The van der Waals surface area contributed by atoms with Crippen LogP contribution >= 0.6 is 11.6 Å². The summed E-state index contributed by atoms with van der Waals surface area (Å²) in [5.74, 6) is 0.157. The van der Waals surface area contributed by atoms with E-state index in [0.717, 1.165) is 6.26 Å². The van der Waals surface area contributed by atoms with Gasteiger partial charge in [-0.05, 0) is 44.2 Å². The van der Waals surface area contributed by atoms with Crippen LogP contribution in [0.2, 0.25) is 5.02 Å². The molecule has 2 aromatic rings. The normalized spacial score (nSPS) is 16.2. The van der Waals surface area contributed by atoms with Crippen LogP contribution in [0.4, 0.5) is 17.1 Å². The molecule has 0 fully saturated rings. The van der Waals surface area contributed by atoms with Crippen LogP contribution in [0.1, 0.15) is 13.8 Å². The molecule has 1 heterocycles. The van der Waals surface area contributed by atoms with Crippen LogP contribution in [0, 0.1) is 0 Å². The Morgan fingerprint density at radius 2 is 1.88 bits per heavy atom. The Labute approximate surface area is 151 Å². The van der Waals surface area contributed by atoms with Crippen LogP contribution < -0.4 is 14.4 Å². The molecule has 1 amide bonds. The van der Waals surface area contributed by atoms with Crippen LogP contribution in [0.3, 0.4) is 0 Å². The molecule has 25 heavy (non-hydrogen) atoms. The molecule has 2 aromatic carbocycles. The molecule has 0 bridgehead atoms. The summed E-state index contributed by atoms with van der Waals surface area (Å²) in [7, 11) is -3.42. The lowest BCUT2D eigenvalue weighted by molar-refractivity contribution is -0.131. The van der Waals surface area contributed by atoms with E-state index in [1.165, 1.54) is 4.90 Å². The van der Waals surface area contributed by atoms with Crippen molar-refractivity contribution >= 4 is 44.6 Å². The molecule has 0 aliphatic carbocycles. The minimum atomic E-state index is -3.42. The Hall–Kier alpha value is -2.25. The number of sulfonamides is 1. The highest BCUT2D eigenvalue weighted by molar-refractivity contribution is 7.92. The predicted octanol–water partition coefficient (Wildman–Crippen LogP) is 3.55. The highest BCUT2D eigenvalue weighted by atomic mass is 35.5. The summed E-state index contributed by atoms with van der Waals surface area (Å²) < 4.78 is 31.1. The van der Waals surface area contributed by atoms with Gasteiger partial charge in [0.1, 0.15) is 5.75 Å². The quantitative estimate of drug-likeness (QED) is 0.883. The average Bonchev–Trinajstić information content (AvgIpc) is 2.46. The van der Waals surface area contributed by atoms with Crippen molar-refractivity contribution < 1.29 is 17.9 Å². The van der Waals surface area contributed by atoms with Gasteiger partial charge >= 0.3 is 0 Å². The molecule has 132 valence electrons. The molecule has 1 N–H and O–H groups in total. The molecule has 1 aliphatic rings. The van der Waals surface area contributed by atoms with Crippen molar-refractivity contribution in [3.8, 4) is 5.75 Å². The second-order valence-corrected chi connectivity index (χ2v) is 8.47. The third-order valence-electron chi connectivity index (χ3n) is 3.65. The lowest BCUT2D eigenvalue weighted by atomic mass is 10.0. The maximum Gasteiger partial charge on any atom is 0.275 e. The number of benzene rings is 2. The molecule has 0 spiro atoms. The minimum Gasteiger partial charge on any atom is -0.476 e. The second kappa shape index (κ2) is 5.93. The van der Waals surface area contributed by atoms with E-state index in [1.807, 2.05) is 0 Å². The first kappa shape index (κ1) is 17.6. The third kappa shape index (κ3) is 3.57. The van der Waals surface area contributed by atoms with Crippen molar-refractivity contribution in [3.63, 3.8) is 0 Å². The zero-order valence-corrected chi connectivity index (χ0v) is 15.5. The summed E-state index contributed by atoms with van der Waals surface area (Å²) in [5, 5.41) is 0.506. The number of halogens is 1. The molecule has 0 unspecified atom stereocenters. The van der Waals surface area contributed by atoms with Crippen molar-refractivity contribution in [1.29, 1.82) is 0 Å². The smallest absolute Gasteiger partial charge is 0.275 e. The van der Waals surface area contributed by atoms with Crippen LogP contribution in [0.25, 0.3) is 0 Å². The summed E-state index contributed by atoms with van der Waals surface area (Å²) in [6.45, 7) is 3.32. The predicted molar refractivity (Wildman–Crippen MR) is 98.2 cm³/mol. The van der Waals surface area contributed by atoms with Gasteiger partial charge in [0.2, 0.25) is 10.0 Å². The maximum atomic E-state index is 12.9. The second-order valence-electron chi connectivity index (χ2n) is 6.29. The maximum absolute atomic E-state index is 12.9. The number of fused-ring (bicyclic) bond motifs is 1. The van der Waals surface area contributed by atoms with E-state index in [0.29, 0.717) is 27.8 Å². The van der Waals surface area contributed by atoms with Crippen molar-refractivity contribution in [1.82, 2.24) is 0 Å². The number of amides is 1. The number of hydrogen-bond donors (Lipinski definition) is 1. The fourth-order valence-electron chi connectivity index (χ4n) is 2.63. The van der Waals surface area contributed by atoms with Crippen molar-refractivity contribution in [3.05, 3.63) is 47.5 Å². The topological polar surface area (TPSA) is 75.7 Å². The van der Waals surface area contributed by atoms with Gasteiger partial charge in [-0.15, -0.1) is 0 Å². The molecule has 0 saturated heterocycles. The fraction of sp³-hybridized carbons (Fsp3) is 0.235. The lowest BCUT2D eigenvalue weighted by Crippen LogP contribution is -2.50. The first-order valence-corrected chi connectivity index (χ1v) is 9.75. The summed E-state index contributed by atoms with van der Waals surface area (Å²) >= 11 is 6.06. The van der Waals surface area contributed by atoms with Crippen LogP contribution in [-0.4, -0.2) is 26.2 Å². The Kier molecular flexibility index (Phi) is 4.17. The Morgan fingerprint density at radius 3 is 2.52 bits per heavy atom. The van der Waals surface area contributed by atoms with Crippen LogP contribution in [0.15, 0.2) is 42.5 Å². The summed E-state index contributed by atoms with van der Waals surface area (Å²) in [6.07, 6.45) is 1.07. The van der Waals surface area contributed by atoms with Gasteiger partial charge in [0.25, 0.3) is 5.91 Å². The van der Waals surface area contributed by atoms with Crippen LogP contribution in [0.5, 0.6) is 5.75 Å². The van der Waals surface area contributed by atoms with E-state index in [9.17, 15) is 13.2 Å². The summed E-state index contributed by atoms with van der Waals surface area (Å²) in [5.41, 5.74) is 0.376. The molecule has 0 radical (unpaired) electrons. The number of rotatable bonds is 3. The SMILES string of the molecule is CC1(C)Oc2cc(NS(C)(=O)=O)ccc2N(c2cccc(Cl)c2)C1=O. The van der Waals surface area contributed by atoms with E-state index in [-0.39, 0.29) is 5.91 Å². The van der Waals surface area contributed by atoms with E-state index in [4.69, 9.17) is 16.3 Å². The third-order valence-corrected chi connectivity index (χ3v) is 4.50. The molecule has 0 atom stereocenters. The first-order chi connectivity index (χ1) is 11.6. The fourth-order valence-corrected chi connectivity index (χ4v) is 3.37. The van der Waals surface area contributed by atoms with Gasteiger partial charge in [-0.25, -0.2) is 8.42 Å². The molecular weight excluding hydrogens is 364 g/mol. The number of carbonyl (C=O) groups excluding carboxylic acids is 1. The molecule has 3 rings (SSSR count). The molecule has 1 aliphatic heterocycles. The Balaban J connectivity index is 2.13. The van der Waals surface area contributed by atoms with Gasteiger partial charge in [-0.2, -0.15) is 0 Å². The van der Waals surface area contributed by atoms with Crippen LogP contribution in [-0.2, 0) is 14.8 Å². The van der Waals surface area contributed by atoms with Gasteiger partial charge in [0, 0.05) is 11.1 Å². The van der Waals surface area contributed by atoms with Gasteiger partial charge in [0.15, 0.2) is 5.60 Å². The Bertz CT molecular complexity index is 957. The monoisotopic (exact) mass is 380 g/mol. The standard InChI is InChI=1S/C17H17ClN2O4S/c1-17(2)16(21)20(13-6-4-5-11(18)9-13)14-8-7-12(10-15(14)24-17)19-25(3,22)23/h4-10,19H,1-3H3. The Morgan fingerprint density at radius 1 is 1.16 bits per heavy atom. The minimum absolute atomic E-state index is 0.244. The highest BCUT2D eigenvalue weighted by Crippen LogP contribution is 2.43. The highest BCUT2D eigenvalue weighted by Gasteiger charge is 2.41. The van der Waals surface area contributed by atoms with Gasteiger partial charge in [-0.3, -0.25) is 14.4 Å². The molecule has 0 aromatic heterocycles. The van der Waals surface area contributed by atoms with E-state index >= 15 is 0 Å². The van der Waals surface area contributed by atoms with Crippen molar-refractivity contribution in [2.75, 3.05) is 15.9 Å². The van der Waals surface area contributed by atoms with E-state index < -0.39 is 15.6 Å². The van der Waals surface area contributed by atoms with Crippen molar-refractivity contribution in [2.45, 2.75) is 19.4 Å². The molecule has 0 saturated carbocycles. The van der Waals surface area contributed by atoms with Gasteiger partial charge in [-0.1, -0.05) is 17.7 Å². The molecular formula is C17H17ClN2O4S. The largest absolute Gasteiger partial charge is 0.476 e. The van der Waals surface area contributed by atoms with Gasteiger partial charge < -0.3 is 4.74 Å². The lowest BCUT2D eigenvalue weighted by Gasteiger charge is -2.39. The van der Waals surface area contributed by atoms with E-state index in [1.54, 1.807) is 56.3 Å². The number of carbonyl (C=O) groups is 1. The molecule has 6 nitrogen and oxygen atoms in total. The summed E-state index contributed by atoms with van der Waals surface area (Å²) in [6, 6.07) is 11.7. The van der Waals surface area contributed by atoms with E-state index in [2.05, 4.69) is 4.72 Å². The zero-order chi connectivity index (χ0) is 18.4. The number of nitrogens with one attached hydrogen (secondary N) is 1. The first-order valence-electron chi connectivity index (χ1n) is 7.48. The number of ether oxygens (including phenoxy) is 1.